The second-order valence-electron chi connectivity index (χ2n) is 1.99. The molecule has 0 aromatic heterocycles. The third kappa shape index (κ3) is 17.6. The molecule has 5 heteroatoms. The van der Waals surface area contributed by atoms with Gasteiger partial charge >= 0.3 is 5.97 Å². The monoisotopic (exact) mass is 164 g/mol. The quantitative estimate of drug-likeness (QED) is 0.416. The normalized spacial score (nSPS) is 11.3. The van der Waals surface area contributed by atoms with Crippen LogP contribution in [0, 0.1) is 0 Å². The largest absolute Gasteiger partial charge is 0.480 e. The number of rotatable bonds is 3. The molecule has 0 aromatic rings. The van der Waals surface area contributed by atoms with Crippen LogP contribution in [0.25, 0.3) is 0 Å². The number of aliphatic carboxylic acids is 1. The van der Waals surface area contributed by atoms with Crippen LogP contribution in [0.15, 0.2) is 0 Å². The van der Waals surface area contributed by atoms with Gasteiger partial charge in [-0.2, -0.15) is 0 Å². The van der Waals surface area contributed by atoms with Gasteiger partial charge in [0, 0.05) is 6.61 Å². The second kappa shape index (κ2) is 9.35. The van der Waals surface area contributed by atoms with E-state index in [4.69, 9.17) is 21.7 Å². The first-order valence-corrected chi connectivity index (χ1v) is 3.35. The van der Waals surface area contributed by atoms with Gasteiger partial charge in [-0.15, -0.1) is 0 Å². The Bertz CT molecular complexity index is 93.8. The van der Waals surface area contributed by atoms with E-state index in [1.807, 2.05) is 0 Å². The minimum atomic E-state index is -0.963. The smallest absolute Gasteiger partial charge is 0.320 e. The Kier molecular flexibility index (Phi) is 11.0. The Morgan fingerprint density at radius 1 is 1.64 bits per heavy atom. The van der Waals surface area contributed by atoms with E-state index in [1.54, 1.807) is 0 Å². The van der Waals surface area contributed by atoms with Crippen LogP contribution >= 0.6 is 0 Å². The molecule has 0 fully saturated rings. The highest BCUT2D eigenvalue weighted by Crippen LogP contribution is 1.68. The van der Waals surface area contributed by atoms with E-state index in [2.05, 4.69) is 0 Å². The van der Waals surface area contributed by atoms with Gasteiger partial charge in [-0.05, 0) is 19.9 Å². The van der Waals surface area contributed by atoms with Crippen molar-refractivity contribution in [1.29, 1.82) is 0 Å². The first kappa shape index (κ1) is 13.0. The average molecular weight is 164 g/mol. The molecule has 1 atom stereocenters. The number of nitrogens with two attached hydrogens (primary N) is 2. The first-order valence-electron chi connectivity index (χ1n) is 3.35. The van der Waals surface area contributed by atoms with Gasteiger partial charge in [0.1, 0.15) is 6.04 Å². The lowest BCUT2D eigenvalue weighted by atomic mass is 10.4. The Labute approximate surface area is 66.0 Å². The maximum Gasteiger partial charge on any atom is 0.320 e. The molecule has 0 heterocycles. The molecule has 11 heavy (non-hydrogen) atoms. The molecule has 0 radical (unpaired) electrons. The van der Waals surface area contributed by atoms with E-state index in [0.717, 1.165) is 6.42 Å². The van der Waals surface area contributed by atoms with E-state index < -0.39 is 12.0 Å². The zero-order valence-corrected chi connectivity index (χ0v) is 6.66. The number of aliphatic hydroxyl groups is 1. The molecule has 0 saturated carbocycles. The summed E-state index contributed by atoms with van der Waals surface area (Å²) in [5, 5.41) is 15.9. The number of hydrogen-bond acceptors (Lipinski definition) is 4. The van der Waals surface area contributed by atoms with Gasteiger partial charge in [0.2, 0.25) is 0 Å². The number of hydrogen-bond donors (Lipinski definition) is 4. The predicted molar refractivity (Wildman–Crippen MR) is 42.0 cm³/mol. The molecular weight excluding hydrogens is 148 g/mol. The molecule has 5 nitrogen and oxygen atoms in total. The van der Waals surface area contributed by atoms with Crippen LogP contribution in [0.1, 0.15) is 13.3 Å². The molecule has 68 valence electrons. The molecule has 0 spiro atoms. The van der Waals surface area contributed by atoms with Crippen molar-refractivity contribution in [2.45, 2.75) is 19.4 Å². The molecule has 0 saturated heterocycles. The summed E-state index contributed by atoms with van der Waals surface area (Å²) >= 11 is 0. The lowest BCUT2D eigenvalue weighted by Crippen LogP contribution is -2.25. The van der Waals surface area contributed by atoms with Gasteiger partial charge in [0.05, 0.1) is 0 Å². The Hall–Kier alpha value is -0.650. The molecule has 1 unspecified atom stereocenters. The number of carboxylic acid groups (broad SMARTS) is 1. The van der Waals surface area contributed by atoms with Gasteiger partial charge in [-0.3, -0.25) is 4.79 Å². The molecule has 0 amide bonds. The second-order valence-corrected chi connectivity index (χ2v) is 1.99. The maximum absolute atomic E-state index is 9.57. The topological polar surface area (TPSA) is 110 Å². The molecule has 6 N–H and O–H groups in total. The van der Waals surface area contributed by atoms with E-state index in [1.165, 1.54) is 6.92 Å². The van der Waals surface area contributed by atoms with Crippen LogP contribution in [0.5, 0.6) is 0 Å². The lowest BCUT2D eigenvalue weighted by Gasteiger charge is -1.90. The SMILES string of the molecule is CC(N)C(=O)O.NCCCO. The van der Waals surface area contributed by atoms with Crippen molar-refractivity contribution >= 4 is 5.97 Å². The summed E-state index contributed by atoms with van der Waals surface area (Å²) in [6.07, 6.45) is 0.722. The van der Waals surface area contributed by atoms with Gasteiger partial charge in [0.25, 0.3) is 0 Å². The molecule has 0 aliphatic carbocycles. The summed E-state index contributed by atoms with van der Waals surface area (Å²) < 4.78 is 0. The maximum atomic E-state index is 9.57. The Morgan fingerprint density at radius 2 is 2.00 bits per heavy atom. The minimum absolute atomic E-state index is 0.219. The Morgan fingerprint density at radius 3 is 2.00 bits per heavy atom. The van der Waals surface area contributed by atoms with Crippen LogP contribution in [0.4, 0.5) is 0 Å². The first-order chi connectivity index (χ1) is 5.06. The third-order valence-electron chi connectivity index (χ3n) is 0.752. The summed E-state index contributed by atoms with van der Waals surface area (Å²) in [7, 11) is 0. The molecular formula is C6H16N2O3. The van der Waals surface area contributed by atoms with Crippen molar-refractivity contribution < 1.29 is 15.0 Å². The van der Waals surface area contributed by atoms with Crippen molar-refractivity contribution in [3.63, 3.8) is 0 Å². The summed E-state index contributed by atoms with van der Waals surface area (Å²) in [4.78, 5) is 9.57. The third-order valence-corrected chi connectivity index (χ3v) is 0.752. The van der Waals surface area contributed by atoms with Crippen molar-refractivity contribution in [3.05, 3.63) is 0 Å². The summed E-state index contributed by atoms with van der Waals surface area (Å²) in [5.74, 6) is -0.963. The van der Waals surface area contributed by atoms with E-state index in [9.17, 15) is 4.79 Å². The minimum Gasteiger partial charge on any atom is -0.480 e. The summed E-state index contributed by atoms with van der Waals surface area (Å²) in [5.41, 5.74) is 9.81. The van der Waals surface area contributed by atoms with Crippen LogP contribution in [0.3, 0.4) is 0 Å². The molecule has 0 aliphatic heterocycles. The van der Waals surface area contributed by atoms with Crippen molar-refractivity contribution in [2.75, 3.05) is 13.2 Å². The fraction of sp³-hybridized carbons (Fsp3) is 0.833. The molecule has 0 aliphatic rings. The van der Waals surface area contributed by atoms with Crippen molar-refractivity contribution in [1.82, 2.24) is 0 Å². The lowest BCUT2D eigenvalue weighted by molar-refractivity contribution is -0.138. The molecule has 0 bridgehead atoms. The molecule has 0 aromatic carbocycles. The summed E-state index contributed by atoms with van der Waals surface area (Å²) in [6.45, 7) is 2.23. The van der Waals surface area contributed by atoms with E-state index in [-0.39, 0.29) is 6.61 Å². The van der Waals surface area contributed by atoms with Crippen molar-refractivity contribution in [2.24, 2.45) is 11.5 Å². The molecule has 0 rings (SSSR count). The van der Waals surface area contributed by atoms with Gasteiger partial charge in [-0.25, -0.2) is 0 Å². The van der Waals surface area contributed by atoms with Gasteiger partial charge in [-0.1, -0.05) is 0 Å². The van der Waals surface area contributed by atoms with Crippen LogP contribution in [-0.4, -0.2) is 35.4 Å². The zero-order valence-electron chi connectivity index (χ0n) is 6.66. The zero-order chi connectivity index (χ0) is 9.28. The van der Waals surface area contributed by atoms with Gasteiger partial charge in [0.15, 0.2) is 0 Å². The van der Waals surface area contributed by atoms with Crippen molar-refractivity contribution in [3.8, 4) is 0 Å². The van der Waals surface area contributed by atoms with E-state index in [0.29, 0.717) is 6.54 Å². The predicted octanol–water partition coefficient (Wildman–Crippen LogP) is -1.25. The fourth-order valence-corrected chi connectivity index (χ4v) is 0.0913. The van der Waals surface area contributed by atoms with Crippen LogP contribution in [-0.2, 0) is 4.79 Å². The highest BCUT2D eigenvalue weighted by molar-refractivity contribution is 5.72. The fourth-order valence-electron chi connectivity index (χ4n) is 0.0913. The Balaban J connectivity index is 0. The van der Waals surface area contributed by atoms with E-state index >= 15 is 0 Å². The standard InChI is InChI=1S/C3H7NO2.C3H9NO/c1-2(4)3(5)6;4-2-1-3-5/h2H,4H2,1H3,(H,5,6);5H,1-4H2. The van der Waals surface area contributed by atoms with Gasteiger partial charge < -0.3 is 21.7 Å². The number of aliphatic hydroxyl groups excluding tert-OH is 1. The summed E-state index contributed by atoms with van der Waals surface area (Å²) in [6, 6.07) is -0.731. The van der Waals surface area contributed by atoms with Crippen LogP contribution in [0.2, 0.25) is 0 Å². The number of carboxylic acids is 1. The highest BCUT2D eigenvalue weighted by Gasteiger charge is 1.99. The van der Waals surface area contributed by atoms with Crippen LogP contribution < -0.4 is 11.5 Å². The average Bonchev–Trinajstić information content (AvgIpc) is 1.90. The number of carbonyl (C=O) groups is 1. The highest BCUT2D eigenvalue weighted by atomic mass is 16.4.